The first-order chi connectivity index (χ1) is 8.11. The van der Waals surface area contributed by atoms with E-state index in [4.69, 9.17) is 4.42 Å². The molecule has 0 fully saturated rings. The predicted octanol–water partition coefficient (Wildman–Crippen LogP) is 2.63. The summed E-state index contributed by atoms with van der Waals surface area (Å²) in [4.78, 5) is 13.3. The topological polar surface area (TPSA) is 33.5 Å². The lowest BCUT2D eigenvalue weighted by molar-refractivity contribution is -0.127. The Morgan fingerprint density at radius 3 is 2.76 bits per heavy atom. The van der Waals surface area contributed by atoms with Gasteiger partial charge in [-0.15, -0.1) is 0 Å². The highest BCUT2D eigenvalue weighted by Gasteiger charge is 2.11. The molecule has 0 aliphatic heterocycles. The van der Waals surface area contributed by atoms with Gasteiger partial charge in [0, 0.05) is 25.0 Å². The van der Waals surface area contributed by atoms with E-state index in [0.717, 1.165) is 23.0 Å². The van der Waals surface area contributed by atoms with Crippen LogP contribution in [0.4, 0.5) is 0 Å². The number of aryl methyl sites for hydroxylation is 1. The SMILES string of the molecule is CCc1ccc2occ(CC(=O)N(C)C)c2c1. The Bertz CT molecular complexity index is 540. The number of hydrogen-bond acceptors (Lipinski definition) is 2. The van der Waals surface area contributed by atoms with Crippen molar-refractivity contribution in [2.75, 3.05) is 14.1 Å². The first-order valence-electron chi connectivity index (χ1n) is 5.81. The molecule has 0 aliphatic carbocycles. The second-order valence-corrected chi connectivity index (χ2v) is 4.41. The second kappa shape index (κ2) is 4.62. The van der Waals surface area contributed by atoms with Crippen LogP contribution in [0.15, 0.2) is 28.9 Å². The summed E-state index contributed by atoms with van der Waals surface area (Å²) in [6.07, 6.45) is 3.07. The number of nitrogens with zero attached hydrogens (tertiary/aromatic N) is 1. The van der Waals surface area contributed by atoms with Gasteiger partial charge in [0.1, 0.15) is 5.58 Å². The third-order valence-electron chi connectivity index (χ3n) is 2.97. The van der Waals surface area contributed by atoms with E-state index in [9.17, 15) is 4.79 Å². The summed E-state index contributed by atoms with van der Waals surface area (Å²) in [5, 5.41) is 1.06. The number of rotatable bonds is 3. The van der Waals surface area contributed by atoms with Gasteiger partial charge in [0.2, 0.25) is 5.91 Å². The minimum Gasteiger partial charge on any atom is -0.464 e. The molecule has 1 aromatic heterocycles. The zero-order valence-electron chi connectivity index (χ0n) is 10.5. The molecule has 1 aromatic carbocycles. The minimum absolute atomic E-state index is 0.0922. The lowest BCUT2D eigenvalue weighted by Crippen LogP contribution is -2.23. The van der Waals surface area contributed by atoms with E-state index in [-0.39, 0.29) is 5.91 Å². The van der Waals surface area contributed by atoms with Crippen molar-refractivity contribution in [3.05, 3.63) is 35.6 Å². The first-order valence-corrected chi connectivity index (χ1v) is 5.81. The third kappa shape index (κ3) is 2.33. The fourth-order valence-corrected chi connectivity index (χ4v) is 1.81. The van der Waals surface area contributed by atoms with Crippen LogP contribution in [0.25, 0.3) is 11.0 Å². The highest BCUT2D eigenvalue weighted by atomic mass is 16.3. The Hall–Kier alpha value is -1.77. The van der Waals surface area contributed by atoms with Crippen molar-refractivity contribution in [3.8, 4) is 0 Å². The van der Waals surface area contributed by atoms with Gasteiger partial charge in [-0.1, -0.05) is 13.0 Å². The van der Waals surface area contributed by atoms with Crippen LogP contribution in [-0.2, 0) is 17.6 Å². The fourth-order valence-electron chi connectivity index (χ4n) is 1.81. The Balaban J connectivity index is 2.37. The smallest absolute Gasteiger partial charge is 0.226 e. The molecule has 1 amide bonds. The second-order valence-electron chi connectivity index (χ2n) is 4.41. The van der Waals surface area contributed by atoms with E-state index >= 15 is 0 Å². The average Bonchev–Trinajstić information content (AvgIpc) is 2.71. The van der Waals surface area contributed by atoms with Crippen LogP contribution in [-0.4, -0.2) is 24.9 Å². The first kappa shape index (κ1) is 11.7. The van der Waals surface area contributed by atoms with Crippen LogP contribution >= 0.6 is 0 Å². The molecule has 2 aromatic rings. The standard InChI is InChI=1S/C14H17NO2/c1-4-10-5-6-13-12(7-10)11(9-17-13)8-14(16)15(2)3/h5-7,9H,4,8H2,1-3H3. The highest BCUT2D eigenvalue weighted by Crippen LogP contribution is 2.23. The fraction of sp³-hybridized carbons (Fsp3) is 0.357. The molecule has 0 unspecified atom stereocenters. The molecule has 0 saturated heterocycles. The van der Waals surface area contributed by atoms with E-state index in [1.54, 1.807) is 25.3 Å². The normalized spacial score (nSPS) is 10.8. The van der Waals surface area contributed by atoms with Crippen LogP contribution in [0.5, 0.6) is 0 Å². The van der Waals surface area contributed by atoms with Gasteiger partial charge in [-0.3, -0.25) is 4.79 Å². The van der Waals surface area contributed by atoms with Gasteiger partial charge in [-0.05, 0) is 24.1 Å². The predicted molar refractivity (Wildman–Crippen MR) is 68.0 cm³/mol. The zero-order chi connectivity index (χ0) is 12.4. The van der Waals surface area contributed by atoms with Gasteiger partial charge < -0.3 is 9.32 Å². The van der Waals surface area contributed by atoms with Crippen molar-refractivity contribution < 1.29 is 9.21 Å². The monoisotopic (exact) mass is 231 g/mol. The van der Waals surface area contributed by atoms with Crippen LogP contribution in [0.1, 0.15) is 18.1 Å². The highest BCUT2D eigenvalue weighted by molar-refractivity contribution is 5.87. The van der Waals surface area contributed by atoms with Gasteiger partial charge in [0.15, 0.2) is 0 Å². The average molecular weight is 231 g/mol. The molecule has 3 heteroatoms. The molecule has 0 N–H and O–H groups in total. The zero-order valence-corrected chi connectivity index (χ0v) is 10.5. The number of hydrogen-bond donors (Lipinski definition) is 0. The van der Waals surface area contributed by atoms with Gasteiger partial charge >= 0.3 is 0 Å². The number of carbonyl (C=O) groups excluding carboxylic acids is 1. The summed E-state index contributed by atoms with van der Waals surface area (Å²) in [5.41, 5.74) is 3.08. The van der Waals surface area contributed by atoms with Crippen molar-refractivity contribution in [3.63, 3.8) is 0 Å². The lowest BCUT2D eigenvalue weighted by Gasteiger charge is -2.08. The van der Waals surface area contributed by atoms with Crippen molar-refractivity contribution in [2.24, 2.45) is 0 Å². The van der Waals surface area contributed by atoms with Crippen LogP contribution < -0.4 is 0 Å². The van der Waals surface area contributed by atoms with E-state index in [1.807, 2.05) is 6.07 Å². The van der Waals surface area contributed by atoms with Gasteiger partial charge in [-0.2, -0.15) is 0 Å². The Kier molecular flexibility index (Phi) is 3.18. The quantitative estimate of drug-likeness (QED) is 0.813. The molecule has 0 bridgehead atoms. The molecule has 1 heterocycles. The molecular weight excluding hydrogens is 214 g/mol. The van der Waals surface area contributed by atoms with E-state index in [0.29, 0.717) is 6.42 Å². The molecule has 2 rings (SSSR count). The van der Waals surface area contributed by atoms with Crippen LogP contribution in [0, 0.1) is 0 Å². The molecule has 3 nitrogen and oxygen atoms in total. The lowest BCUT2D eigenvalue weighted by atomic mass is 10.1. The molecule has 0 spiro atoms. The molecule has 90 valence electrons. The van der Waals surface area contributed by atoms with Gasteiger partial charge in [-0.25, -0.2) is 0 Å². The molecule has 0 radical (unpaired) electrons. The molecular formula is C14H17NO2. The van der Waals surface area contributed by atoms with Crippen molar-refractivity contribution in [1.82, 2.24) is 4.90 Å². The van der Waals surface area contributed by atoms with Crippen molar-refractivity contribution >= 4 is 16.9 Å². The van der Waals surface area contributed by atoms with Crippen LogP contribution in [0.2, 0.25) is 0 Å². The Labute approximate surface area is 101 Å². The van der Waals surface area contributed by atoms with Gasteiger partial charge in [0.05, 0.1) is 12.7 Å². The maximum atomic E-state index is 11.7. The summed E-state index contributed by atoms with van der Waals surface area (Å²) in [6, 6.07) is 6.14. The molecule has 0 atom stereocenters. The summed E-state index contributed by atoms with van der Waals surface area (Å²) < 4.78 is 5.46. The number of likely N-dealkylation sites (N-methyl/N-ethyl adjacent to an activating group) is 1. The maximum absolute atomic E-state index is 11.7. The number of amides is 1. The Morgan fingerprint density at radius 2 is 2.12 bits per heavy atom. The Morgan fingerprint density at radius 1 is 1.35 bits per heavy atom. The van der Waals surface area contributed by atoms with E-state index in [2.05, 4.69) is 19.1 Å². The number of benzene rings is 1. The minimum atomic E-state index is 0.0922. The summed E-state index contributed by atoms with van der Waals surface area (Å²) >= 11 is 0. The third-order valence-corrected chi connectivity index (χ3v) is 2.97. The largest absolute Gasteiger partial charge is 0.464 e. The molecule has 17 heavy (non-hydrogen) atoms. The number of furan rings is 1. The van der Waals surface area contributed by atoms with E-state index < -0.39 is 0 Å². The van der Waals surface area contributed by atoms with E-state index in [1.165, 1.54) is 5.56 Å². The number of fused-ring (bicyclic) bond motifs is 1. The maximum Gasteiger partial charge on any atom is 0.226 e. The molecule has 0 saturated carbocycles. The summed E-state index contributed by atoms with van der Waals surface area (Å²) in [6.45, 7) is 2.12. The van der Waals surface area contributed by atoms with Crippen molar-refractivity contribution in [2.45, 2.75) is 19.8 Å². The van der Waals surface area contributed by atoms with Gasteiger partial charge in [0.25, 0.3) is 0 Å². The van der Waals surface area contributed by atoms with Crippen LogP contribution in [0.3, 0.4) is 0 Å². The molecule has 0 aliphatic rings. The summed E-state index contributed by atoms with van der Waals surface area (Å²) in [7, 11) is 3.53. The number of carbonyl (C=O) groups is 1. The van der Waals surface area contributed by atoms with Crippen molar-refractivity contribution in [1.29, 1.82) is 0 Å². The summed E-state index contributed by atoms with van der Waals surface area (Å²) in [5.74, 6) is 0.0922.